The van der Waals surface area contributed by atoms with Crippen LogP contribution in [-0.4, -0.2) is 17.1 Å². The maximum absolute atomic E-state index is 12.6. The van der Waals surface area contributed by atoms with Crippen molar-refractivity contribution < 1.29 is 0 Å². The minimum atomic E-state index is -0.185. The maximum Gasteiger partial charge on any atom is 0.00329 e. The Hall–Kier alpha value is -0.0800. The normalized spacial score (nSPS) is 12.2. The van der Waals surface area contributed by atoms with Crippen LogP contribution in [-0.2, 0) is 0 Å². The van der Waals surface area contributed by atoms with Crippen LogP contribution in [0, 0.1) is 5.21 Å². The van der Waals surface area contributed by atoms with E-state index in [-0.39, 0.29) is 5.54 Å². The zero-order valence-corrected chi connectivity index (χ0v) is 24.4. The van der Waals surface area contributed by atoms with Crippen LogP contribution in [0.15, 0.2) is 0 Å². The van der Waals surface area contributed by atoms with Crippen molar-refractivity contribution in [3.63, 3.8) is 0 Å². The molecule has 0 bridgehead atoms. The molecule has 0 aliphatic heterocycles. The molecule has 0 aromatic heterocycles. The van der Waals surface area contributed by atoms with Gasteiger partial charge in [-0.05, 0) is 33.2 Å². The fraction of sp³-hybridized carbons (Fsp3) is 1.00. The Balaban J connectivity index is 3.44. The van der Waals surface area contributed by atoms with Gasteiger partial charge in [0, 0.05) is 5.54 Å². The second kappa shape index (κ2) is 26.0. The van der Waals surface area contributed by atoms with Gasteiger partial charge in [0.1, 0.15) is 0 Å². The lowest BCUT2D eigenvalue weighted by atomic mass is 9.95. The molecular weight excluding hydrogens is 414 g/mol. The molecule has 0 aliphatic carbocycles. The molecule has 0 unspecified atom stereocenters. The standard InChI is InChI=1S/C32H66NO/c1-5-7-9-11-13-15-17-19-20-22-24-26-28-30-32(3,4)33(34)31-29-27-25-23-21-18-16-14-12-10-8-6-2/h5-31H2,1-4H3/q-1. The van der Waals surface area contributed by atoms with Crippen molar-refractivity contribution in [2.75, 3.05) is 6.54 Å². The Morgan fingerprint density at radius 2 is 0.676 bits per heavy atom. The summed E-state index contributed by atoms with van der Waals surface area (Å²) in [5, 5.41) is 14.0. The zero-order chi connectivity index (χ0) is 25.2. The van der Waals surface area contributed by atoms with E-state index < -0.39 is 0 Å². The summed E-state index contributed by atoms with van der Waals surface area (Å²) in [5.74, 6) is 0. The first-order valence-electron chi connectivity index (χ1n) is 16.0. The molecule has 0 aliphatic rings. The first-order valence-corrected chi connectivity index (χ1v) is 16.0. The summed E-state index contributed by atoms with van der Waals surface area (Å²) in [4.78, 5) is 0. The van der Waals surface area contributed by atoms with Crippen molar-refractivity contribution in [3.8, 4) is 0 Å². The average Bonchev–Trinajstić information content (AvgIpc) is 2.82. The second-order valence-electron chi connectivity index (χ2n) is 11.8. The minimum absolute atomic E-state index is 0.185. The maximum atomic E-state index is 12.6. The van der Waals surface area contributed by atoms with E-state index in [0.717, 1.165) is 19.4 Å². The molecule has 0 N–H and O–H groups in total. The molecule has 0 saturated heterocycles. The smallest absolute Gasteiger partial charge is 0.00329 e. The Kier molecular flexibility index (Phi) is 25.9. The van der Waals surface area contributed by atoms with Gasteiger partial charge in [0.15, 0.2) is 0 Å². The minimum Gasteiger partial charge on any atom is -0.785 e. The Bertz CT molecular complexity index is 381. The van der Waals surface area contributed by atoms with Gasteiger partial charge in [-0.1, -0.05) is 168 Å². The fourth-order valence-electron chi connectivity index (χ4n) is 5.10. The quantitative estimate of drug-likeness (QED) is 0.0821. The summed E-state index contributed by atoms with van der Waals surface area (Å²) in [6.45, 7) is 9.61. The van der Waals surface area contributed by atoms with Gasteiger partial charge < -0.3 is 10.3 Å². The Morgan fingerprint density at radius 1 is 0.412 bits per heavy atom. The molecule has 2 nitrogen and oxygen atoms in total. The highest BCUT2D eigenvalue weighted by molar-refractivity contribution is 4.81. The second-order valence-corrected chi connectivity index (χ2v) is 11.8. The van der Waals surface area contributed by atoms with Crippen molar-refractivity contribution >= 4 is 0 Å². The monoisotopic (exact) mass is 481 g/mol. The van der Waals surface area contributed by atoms with Crippen molar-refractivity contribution in [1.82, 2.24) is 5.06 Å². The molecule has 0 radical (unpaired) electrons. The SMILES string of the molecule is CCCCCCCCCCCCCCCC(C)(C)N([O-])CCCCCCCCCCCCCC. The predicted octanol–water partition coefficient (Wildman–Crippen LogP) is 11.7. The number of unbranched alkanes of at least 4 members (excludes halogenated alkanes) is 23. The number of hydroxylamine groups is 2. The fourth-order valence-corrected chi connectivity index (χ4v) is 5.10. The summed E-state index contributed by atoms with van der Waals surface area (Å²) in [6, 6.07) is 0. The molecule has 34 heavy (non-hydrogen) atoms. The van der Waals surface area contributed by atoms with Crippen molar-refractivity contribution in [1.29, 1.82) is 0 Å². The van der Waals surface area contributed by atoms with Gasteiger partial charge in [-0.2, -0.15) is 0 Å². The molecule has 0 fully saturated rings. The Morgan fingerprint density at radius 3 is 1.00 bits per heavy atom. The van der Waals surface area contributed by atoms with Gasteiger partial charge >= 0.3 is 0 Å². The summed E-state index contributed by atoms with van der Waals surface area (Å²) >= 11 is 0. The van der Waals surface area contributed by atoms with Crippen molar-refractivity contribution in [2.45, 2.75) is 200 Å². The molecule has 206 valence electrons. The molecular formula is C32H66NO-. The number of rotatable bonds is 28. The number of hydrogen-bond donors (Lipinski definition) is 0. The van der Waals surface area contributed by atoms with Gasteiger partial charge in [0.25, 0.3) is 0 Å². The van der Waals surface area contributed by atoms with E-state index in [4.69, 9.17) is 0 Å². The molecule has 0 heterocycles. The number of nitrogens with zero attached hydrogens (tertiary/aromatic N) is 1. The third-order valence-corrected chi connectivity index (χ3v) is 7.78. The molecule has 0 rings (SSSR count). The Labute approximate surface area is 217 Å². The van der Waals surface area contributed by atoms with Crippen molar-refractivity contribution in [3.05, 3.63) is 5.21 Å². The molecule has 2 heteroatoms. The molecule has 0 amide bonds. The van der Waals surface area contributed by atoms with Crippen LogP contribution < -0.4 is 0 Å². The van der Waals surface area contributed by atoms with E-state index in [1.165, 1.54) is 159 Å². The van der Waals surface area contributed by atoms with E-state index in [0.29, 0.717) is 0 Å². The van der Waals surface area contributed by atoms with Crippen LogP contribution in [0.4, 0.5) is 0 Å². The average molecular weight is 481 g/mol. The molecule has 0 aromatic rings. The summed E-state index contributed by atoms with van der Waals surface area (Å²) < 4.78 is 0. The van der Waals surface area contributed by atoms with Crippen LogP contribution in [0.1, 0.15) is 195 Å². The van der Waals surface area contributed by atoms with Crippen LogP contribution in [0.25, 0.3) is 0 Å². The van der Waals surface area contributed by atoms with Gasteiger partial charge in [-0.25, -0.2) is 0 Å². The summed E-state index contributed by atoms with van der Waals surface area (Å²) in [7, 11) is 0. The summed E-state index contributed by atoms with van der Waals surface area (Å²) in [6.07, 6.45) is 35.3. The van der Waals surface area contributed by atoms with E-state index in [2.05, 4.69) is 27.7 Å². The first-order chi connectivity index (χ1) is 16.5. The van der Waals surface area contributed by atoms with Crippen LogP contribution in [0.2, 0.25) is 0 Å². The lowest BCUT2D eigenvalue weighted by molar-refractivity contribution is 0.165. The van der Waals surface area contributed by atoms with E-state index >= 15 is 0 Å². The van der Waals surface area contributed by atoms with Gasteiger partial charge in [-0.3, -0.25) is 0 Å². The van der Waals surface area contributed by atoms with Crippen molar-refractivity contribution in [2.24, 2.45) is 0 Å². The van der Waals surface area contributed by atoms with Crippen LogP contribution in [0.5, 0.6) is 0 Å². The first kappa shape index (κ1) is 33.9. The lowest BCUT2D eigenvalue weighted by Gasteiger charge is -2.44. The lowest BCUT2D eigenvalue weighted by Crippen LogP contribution is -2.40. The molecule has 0 saturated carbocycles. The van der Waals surface area contributed by atoms with Gasteiger partial charge in [-0.15, -0.1) is 0 Å². The van der Waals surface area contributed by atoms with E-state index in [9.17, 15) is 5.21 Å². The van der Waals surface area contributed by atoms with Gasteiger partial charge in [0.2, 0.25) is 0 Å². The predicted molar refractivity (Wildman–Crippen MR) is 156 cm³/mol. The van der Waals surface area contributed by atoms with E-state index in [1.54, 1.807) is 0 Å². The van der Waals surface area contributed by atoms with E-state index in [1.807, 2.05) is 0 Å². The number of hydrogen-bond acceptors (Lipinski definition) is 2. The molecule has 0 atom stereocenters. The third kappa shape index (κ3) is 23.7. The zero-order valence-electron chi connectivity index (χ0n) is 24.4. The van der Waals surface area contributed by atoms with Crippen LogP contribution >= 0.6 is 0 Å². The highest BCUT2D eigenvalue weighted by atomic mass is 16.5. The van der Waals surface area contributed by atoms with Gasteiger partial charge in [0.05, 0.1) is 0 Å². The highest BCUT2D eigenvalue weighted by Crippen LogP contribution is 2.23. The largest absolute Gasteiger partial charge is 0.785 e. The molecule has 0 spiro atoms. The topological polar surface area (TPSA) is 26.3 Å². The third-order valence-electron chi connectivity index (χ3n) is 7.78. The molecule has 0 aromatic carbocycles. The summed E-state index contributed by atoms with van der Waals surface area (Å²) in [5.41, 5.74) is -0.185. The highest BCUT2D eigenvalue weighted by Gasteiger charge is 2.18. The van der Waals surface area contributed by atoms with Crippen LogP contribution in [0.3, 0.4) is 0 Å².